The van der Waals surface area contributed by atoms with Gasteiger partial charge >= 0.3 is 0 Å². The van der Waals surface area contributed by atoms with Gasteiger partial charge in [0.15, 0.2) is 0 Å². The molecule has 0 spiro atoms. The first-order chi connectivity index (χ1) is 23.8. The van der Waals surface area contributed by atoms with E-state index in [0.29, 0.717) is 0 Å². The molecule has 2 heteroatoms. The summed E-state index contributed by atoms with van der Waals surface area (Å²) in [5, 5.41) is 12.0. The van der Waals surface area contributed by atoms with Crippen molar-refractivity contribution in [3.05, 3.63) is 176 Å². The molecule has 0 fully saturated rings. The summed E-state index contributed by atoms with van der Waals surface area (Å²) in [7, 11) is 0. The Bertz CT molecular complexity index is 2830. The van der Waals surface area contributed by atoms with E-state index in [0.717, 1.165) is 39.0 Å². The highest BCUT2D eigenvalue weighted by Crippen LogP contribution is 2.48. The number of hydrogen-bond acceptors (Lipinski definition) is 2. The molecule has 0 saturated heterocycles. The molecule has 0 bridgehead atoms. The number of fused-ring (bicyclic) bond motifs is 10. The van der Waals surface area contributed by atoms with E-state index in [9.17, 15) is 0 Å². The Morgan fingerprint density at radius 2 is 0.938 bits per heavy atom. The van der Waals surface area contributed by atoms with Gasteiger partial charge in [0.2, 0.25) is 0 Å². The standard InChI is InChI=1S/C46H29NO/c1-2-12-30(13-3-1)33-17-10-18-35(28-33)47(40-22-11-23-42-46(40)45-37-20-8-5-15-32(37)25-27-43(45)48-42)41-29-34-16-6-9-21-38(34)44-36-19-7-4-14-31(36)24-26-39(41)44/h1-29H. The highest BCUT2D eigenvalue weighted by molar-refractivity contribution is 6.27. The van der Waals surface area contributed by atoms with Gasteiger partial charge in [0.25, 0.3) is 0 Å². The molecule has 0 unspecified atom stereocenters. The smallest absolute Gasteiger partial charge is 0.137 e. The Kier molecular flexibility index (Phi) is 5.91. The molecule has 0 radical (unpaired) electrons. The van der Waals surface area contributed by atoms with Crippen LogP contribution in [0.3, 0.4) is 0 Å². The highest BCUT2D eigenvalue weighted by Gasteiger charge is 2.23. The van der Waals surface area contributed by atoms with Gasteiger partial charge in [0, 0.05) is 16.5 Å². The van der Waals surface area contributed by atoms with E-state index in [-0.39, 0.29) is 0 Å². The van der Waals surface area contributed by atoms with Crippen molar-refractivity contribution < 1.29 is 4.42 Å². The van der Waals surface area contributed by atoms with Crippen LogP contribution in [0.2, 0.25) is 0 Å². The maximum atomic E-state index is 6.60. The Morgan fingerprint density at radius 1 is 0.333 bits per heavy atom. The topological polar surface area (TPSA) is 16.4 Å². The fourth-order valence-electron chi connectivity index (χ4n) is 7.65. The fraction of sp³-hybridized carbons (Fsp3) is 0. The second kappa shape index (κ2) is 10.6. The monoisotopic (exact) mass is 611 g/mol. The molecule has 1 heterocycles. The Labute approximate surface area is 277 Å². The van der Waals surface area contributed by atoms with Gasteiger partial charge in [0.05, 0.1) is 16.8 Å². The SMILES string of the molecule is c1ccc(-c2cccc(N(c3cc4ccccc4c4c3ccc3ccccc34)c3cccc4oc5ccc6ccccc6c5c34)c2)cc1. The van der Waals surface area contributed by atoms with Gasteiger partial charge in [-0.05, 0) is 85.2 Å². The van der Waals surface area contributed by atoms with Crippen LogP contribution in [0.1, 0.15) is 0 Å². The first-order valence-corrected chi connectivity index (χ1v) is 16.4. The van der Waals surface area contributed by atoms with Gasteiger partial charge in [-0.1, -0.05) is 140 Å². The first-order valence-electron chi connectivity index (χ1n) is 16.4. The summed E-state index contributed by atoms with van der Waals surface area (Å²) in [6.07, 6.45) is 0. The molecule has 0 atom stereocenters. The van der Waals surface area contributed by atoms with Crippen molar-refractivity contribution in [2.45, 2.75) is 0 Å². The van der Waals surface area contributed by atoms with Crippen molar-refractivity contribution >= 4 is 82.1 Å². The molecular weight excluding hydrogens is 583 g/mol. The minimum Gasteiger partial charge on any atom is -0.456 e. The summed E-state index contributed by atoms with van der Waals surface area (Å²) in [5.74, 6) is 0. The third-order valence-corrected chi connectivity index (χ3v) is 9.79. The molecule has 0 aliphatic heterocycles. The lowest BCUT2D eigenvalue weighted by Gasteiger charge is -2.29. The fourth-order valence-corrected chi connectivity index (χ4v) is 7.65. The van der Waals surface area contributed by atoms with Crippen molar-refractivity contribution in [1.82, 2.24) is 0 Å². The Morgan fingerprint density at radius 3 is 1.73 bits per heavy atom. The van der Waals surface area contributed by atoms with Crippen LogP contribution in [0.4, 0.5) is 17.1 Å². The predicted octanol–water partition coefficient (Wildman–Crippen LogP) is 13.3. The molecule has 1 aromatic heterocycles. The van der Waals surface area contributed by atoms with Crippen LogP contribution in [-0.4, -0.2) is 0 Å². The normalized spacial score (nSPS) is 11.8. The number of furan rings is 1. The van der Waals surface area contributed by atoms with E-state index in [1.54, 1.807) is 0 Å². The number of hydrogen-bond donors (Lipinski definition) is 0. The molecule has 2 nitrogen and oxygen atoms in total. The minimum absolute atomic E-state index is 0.874. The number of benzene rings is 9. The number of rotatable bonds is 4. The molecule has 0 saturated carbocycles. The molecule has 224 valence electrons. The van der Waals surface area contributed by atoms with Crippen molar-refractivity contribution in [3.8, 4) is 11.1 Å². The zero-order valence-electron chi connectivity index (χ0n) is 26.1. The van der Waals surface area contributed by atoms with Crippen molar-refractivity contribution in [1.29, 1.82) is 0 Å². The van der Waals surface area contributed by atoms with Crippen LogP contribution >= 0.6 is 0 Å². The quantitative estimate of drug-likeness (QED) is 0.184. The summed E-state index contributed by atoms with van der Waals surface area (Å²) in [5.41, 5.74) is 7.42. The summed E-state index contributed by atoms with van der Waals surface area (Å²) in [6.45, 7) is 0. The molecule has 48 heavy (non-hydrogen) atoms. The highest BCUT2D eigenvalue weighted by atomic mass is 16.3. The van der Waals surface area contributed by atoms with Gasteiger partial charge in [-0.3, -0.25) is 0 Å². The Hall–Kier alpha value is -6.38. The van der Waals surface area contributed by atoms with Crippen LogP contribution in [0, 0.1) is 0 Å². The Balaban J connectivity index is 1.37. The largest absolute Gasteiger partial charge is 0.456 e. The average Bonchev–Trinajstić information content (AvgIpc) is 3.55. The molecule has 9 aromatic carbocycles. The zero-order valence-corrected chi connectivity index (χ0v) is 26.1. The van der Waals surface area contributed by atoms with Gasteiger partial charge in [-0.2, -0.15) is 0 Å². The molecule has 0 N–H and O–H groups in total. The van der Waals surface area contributed by atoms with E-state index in [1.807, 2.05) is 0 Å². The third-order valence-electron chi connectivity index (χ3n) is 9.79. The zero-order chi connectivity index (χ0) is 31.6. The second-order valence-corrected chi connectivity index (χ2v) is 12.5. The van der Waals surface area contributed by atoms with Crippen molar-refractivity contribution in [2.75, 3.05) is 4.90 Å². The van der Waals surface area contributed by atoms with Crippen molar-refractivity contribution in [3.63, 3.8) is 0 Å². The number of anilines is 3. The van der Waals surface area contributed by atoms with E-state index < -0.39 is 0 Å². The summed E-state index contributed by atoms with van der Waals surface area (Å²) in [6, 6.07) is 63.3. The van der Waals surface area contributed by atoms with Crippen LogP contribution in [0.5, 0.6) is 0 Å². The summed E-state index contributed by atoms with van der Waals surface area (Å²) < 4.78 is 6.60. The van der Waals surface area contributed by atoms with Gasteiger partial charge < -0.3 is 9.32 Å². The van der Waals surface area contributed by atoms with Gasteiger partial charge in [0.1, 0.15) is 11.2 Å². The molecule has 0 amide bonds. The lowest BCUT2D eigenvalue weighted by molar-refractivity contribution is 0.669. The first kappa shape index (κ1) is 26.8. The lowest BCUT2D eigenvalue weighted by atomic mass is 9.94. The van der Waals surface area contributed by atoms with E-state index in [4.69, 9.17) is 4.42 Å². The molecule has 10 rings (SSSR count). The summed E-state index contributed by atoms with van der Waals surface area (Å²) >= 11 is 0. The maximum Gasteiger partial charge on any atom is 0.137 e. The van der Waals surface area contributed by atoms with E-state index in [1.165, 1.54) is 54.2 Å². The van der Waals surface area contributed by atoms with Crippen molar-refractivity contribution in [2.24, 2.45) is 0 Å². The van der Waals surface area contributed by atoms with E-state index in [2.05, 4.69) is 181 Å². The van der Waals surface area contributed by atoms with Crippen LogP contribution in [-0.2, 0) is 0 Å². The van der Waals surface area contributed by atoms with Crippen LogP contribution in [0.15, 0.2) is 180 Å². The third kappa shape index (κ3) is 4.06. The lowest BCUT2D eigenvalue weighted by Crippen LogP contribution is -2.11. The summed E-state index contributed by atoms with van der Waals surface area (Å²) in [4.78, 5) is 2.45. The molecule has 0 aliphatic carbocycles. The number of nitrogens with zero attached hydrogens (tertiary/aromatic N) is 1. The molecule has 10 aromatic rings. The average molecular weight is 612 g/mol. The van der Waals surface area contributed by atoms with Crippen LogP contribution in [0.25, 0.3) is 76.2 Å². The molecule has 0 aliphatic rings. The second-order valence-electron chi connectivity index (χ2n) is 12.5. The van der Waals surface area contributed by atoms with Gasteiger partial charge in [-0.25, -0.2) is 0 Å². The van der Waals surface area contributed by atoms with Gasteiger partial charge in [-0.15, -0.1) is 0 Å². The van der Waals surface area contributed by atoms with E-state index >= 15 is 0 Å². The minimum atomic E-state index is 0.874. The predicted molar refractivity (Wildman–Crippen MR) is 204 cm³/mol. The maximum absolute atomic E-state index is 6.60. The van der Waals surface area contributed by atoms with Crippen LogP contribution < -0.4 is 4.90 Å². The molecular formula is C46H29NO.